The summed E-state index contributed by atoms with van der Waals surface area (Å²) in [7, 11) is 0. The molecule has 0 saturated carbocycles. The molecule has 2 saturated heterocycles. The normalized spacial score (nSPS) is 22.8. The van der Waals surface area contributed by atoms with Gasteiger partial charge in [0, 0.05) is 32.1 Å². The van der Waals surface area contributed by atoms with E-state index in [0.29, 0.717) is 18.4 Å². The van der Waals surface area contributed by atoms with E-state index in [2.05, 4.69) is 4.90 Å². The van der Waals surface area contributed by atoms with Crippen LogP contribution in [-0.4, -0.2) is 41.4 Å². The largest absolute Gasteiger partial charge is 0.343 e. The Balaban J connectivity index is 1.59. The molecule has 0 N–H and O–H groups in total. The molecule has 1 unspecified atom stereocenters. The van der Waals surface area contributed by atoms with Crippen LogP contribution in [0.1, 0.15) is 44.1 Å². The summed E-state index contributed by atoms with van der Waals surface area (Å²) in [5.74, 6) is -0.0594. The van der Waals surface area contributed by atoms with Crippen LogP contribution in [0.25, 0.3) is 0 Å². The third-order valence-electron chi connectivity index (χ3n) is 5.02. The van der Waals surface area contributed by atoms with Gasteiger partial charge in [0.05, 0.1) is 5.02 Å². The van der Waals surface area contributed by atoms with Crippen LogP contribution >= 0.6 is 11.6 Å². The maximum absolute atomic E-state index is 13.3. The van der Waals surface area contributed by atoms with Gasteiger partial charge in [0.25, 0.3) is 0 Å². The summed E-state index contributed by atoms with van der Waals surface area (Å²) in [6, 6.07) is 5.49. The van der Waals surface area contributed by atoms with Crippen LogP contribution in [0.2, 0.25) is 5.02 Å². The van der Waals surface area contributed by atoms with E-state index in [1.54, 1.807) is 6.07 Å². The third-order valence-corrected chi connectivity index (χ3v) is 5.31. The smallest absolute Gasteiger partial charge is 0.222 e. The highest BCUT2D eigenvalue weighted by atomic mass is 35.5. The molecule has 2 fully saturated rings. The first-order chi connectivity index (χ1) is 11.1. The number of hydrogen-bond acceptors (Lipinski definition) is 2. The van der Waals surface area contributed by atoms with Gasteiger partial charge in [-0.2, -0.15) is 0 Å². The van der Waals surface area contributed by atoms with Crippen molar-refractivity contribution in [3.05, 3.63) is 34.6 Å². The van der Waals surface area contributed by atoms with Crippen LogP contribution in [0.15, 0.2) is 18.2 Å². The van der Waals surface area contributed by atoms with Gasteiger partial charge in [-0.1, -0.05) is 24.1 Å². The van der Waals surface area contributed by atoms with Crippen molar-refractivity contribution in [1.29, 1.82) is 0 Å². The number of halogens is 2. The van der Waals surface area contributed by atoms with Gasteiger partial charge in [-0.3, -0.25) is 9.69 Å². The molecule has 0 aromatic heterocycles. The lowest BCUT2D eigenvalue weighted by Crippen LogP contribution is -2.41. The van der Waals surface area contributed by atoms with Crippen molar-refractivity contribution < 1.29 is 9.18 Å². The van der Waals surface area contributed by atoms with Crippen LogP contribution in [-0.2, 0) is 11.3 Å². The van der Waals surface area contributed by atoms with Gasteiger partial charge in [-0.15, -0.1) is 0 Å². The summed E-state index contributed by atoms with van der Waals surface area (Å²) < 4.78 is 13.3. The van der Waals surface area contributed by atoms with Gasteiger partial charge >= 0.3 is 0 Å². The maximum atomic E-state index is 13.3. The fourth-order valence-electron chi connectivity index (χ4n) is 3.71. The minimum atomic E-state index is -0.363. The summed E-state index contributed by atoms with van der Waals surface area (Å²) in [5.41, 5.74) is 1.06. The second-order valence-electron chi connectivity index (χ2n) is 6.64. The highest BCUT2D eigenvalue weighted by Crippen LogP contribution is 2.24. The van der Waals surface area contributed by atoms with E-state index in [1.807, 2.05) is 11.0 Å². The first-order valence-electron chi connectivity index (χ1n) is 8.59. The second-order valence-corrected chi connectivity index (χ2v) is 7.05. The van der Waals surface area contributed by atoms with E-state index >= 15 is 0 Å². The van der Waals surface area contributed by atoms with Crippen molar-refractivity contribution in [2.75, 3.05) is 19.6 Å². The van der Waals surface area contributed by atoms with Gasteiger partial charge in [-0.05, 0) is 49.9 Å². The van der Waals surface area contributed by atoms with E-state index in [4.69, 9.17) is 11.6 Å². The molecule has 2 aliphatic heterocycles. The van der Waals surface area contributed by atoms with Gasteiger partial charge in [0.2, 0.25) is 5.91 Å². The lowest BCUT2D eigenvalue weighted by molar-refractivity contribution is -0.127. The molecule has 126 valence electrons. The number of piperidine rings is 1. The number of likely N-dealkylation sites (tertiary alicyclic amines) is 2. The topological polar surface area (TPSA) is 23.6 Å². The summed E-state index contributed by atoms with van der Waals surface area (Å²) in [5, 5.41) is 0.193. The van der Waals surface area contributed by atoms with Crippen molar-refractivity contribution in [2.24, 2.45) is 0 Å². The molecule has 0 aliphatic carbocycles. The van der Waals surface area contributed by atoms with Gasteiger partial charge in [-0.25, -0.2) is 4.39 Å². The SMILES string of the molecule is O=C1CCCN1CCC1CCCCN1Cc1ccc(F)c(Cl)c1. The zero-order chi connectivity index (χ0) is 16.2. The Kier molecular flexibility index (Phi) is 5.54. The summed E-state index contributed by atoms with van der Waals surface area (Å²) >= 11 is 5.89. The van der Waals surface area contributed by atoms with Crippen LogP contribution in [0.4, 0.5) is 4.39 Å². The van der Waals surface area contributed by atoms with Crippen LogP contribution in [0.3, 0.4) is 0 Å². The molecule has 1 atom stereocenters. The predicted octanol–water partition coefficient (Wildman–Crippen LogP) is 3.85. The molecule has 2 heterocycles. The highest BCUT2D eigenvalue weighted by Gasteiger charge is 2.25. The molecule has 1 amide bonds. The van der Waals surface area contributed by atoms with Crippen LogP contribution in [0.5, 0.6) is 0 Å². The predicted molar refractivity (Wildman–Crippen MR) is 89.9 cm³/mol. The first-order valence-corrected chi connectivity index (χ1v) is 8.97. The molecular weight excluding hydrogens is 315 g/mol. The molecule has 0 bridgehead atoms. The highest BCUT2D eigenvalue weighted by molar-refractivity contribution is 6.30. The van der Waals surface area contributed by atoms with E-state index in [1.165, 1.54) is 25.3 Å². The van der Waals surface area contributed by atoms with E-state index in [-0.39, 0.29) is 10.8 Å². The lowest BCUT2D eigenvalue weighted by Gasteiger charge is -2.36. The van der Waals surface area contributed by atoms with Gasteiger partial charge in [0.15, 0.2) is 0 Å². The summed E-state index contributed by atoms with van der Waals surface area (Å²) in [4.78, 5) is 16.2. The molecule has 0 spiro atoms. The number of nitrogens with zero attached hydrogens (tertiary/aromatic N) is 2. The number of rotatable bonds is 5. The number of carbonyl (C=O) groups excluding carboxylic acids is 1. The molecule has 5 heteroatoms. The van der Waals surface area contributed by atoms with Crippen molar-refractivity contribution >= 4 is 17.5 Å². The molecular formula is C18H24ClFN2O. The van der Waals surface area contributed by atoms with Crippen LogP contribution in [0, 0.1) is 5.82 Å². The molecule has 2 aliphatic rings. The summed E-state index contributed by atoms with van der Waals surface area (Å²) in [6.45, 7) is 3.65. The zero-order valence-corrected chi connectivity index (χ0v) is 14.2. The molecule has 3 nitrogen and oxygen atoms in total. The monoisotopic (exact) mass is 338 g/mol. The quantitative estimate of drug-likeness (QED) is 0.814. The Morgan fingerprint density at radius 2 is 2.09 bits per heavy atom. The van der Waals surface area contributed by atoms with Crippen molar-refractivity contribution in [2.45, 2.75) is 51.1 Å². The Morgan fingerprint density at radius 1 is 1.22 bits per heavy atom. The minimum Gasteiger partial charge on any atom is -0.343 e. The Hall–Kier alpha value is -1.13. The molecule has 23 heavy (non-hydrogen) atoms. The van der Waals surface area contributed by atoms with E-state index in [9.17, 15) is 9.18 Å². The number of benzene rings is 1. The average Bonchev–Trinajstić information content (AvgIpc) is 2.95. The maximum Gasteiger partial charge on any atom is 0.222 e. The average molecular weight is 339 g/mol. The van der Waals surface area contributed by atoms with Crippen molar-refractivity contribution in [1.82, 2.24) is 9.80 Å². The zero-order valence-electron chi connectivity index (χ0n) is 13.4. The third kappa shape index (κ3) is 4.24. The summed E-state index contributed by atoms with van der Waals surface area (Å²) in [6.07, 6.45) is 6.37. The van der Waals surface area contributed by atoms with E-state index < -0.39 is 0 Å². The van der Waals surface area contributed by atoms with Crippen molar-refractivity contribution in [3.8, 4) is 0 Å². The van der Waals surface area contributed by atoms with E-state index in [0.717, 1.165) is 44.6 Å². The van der Waals surface area contributed by atoms with Gasteiger partial charge in [0.1, 0.15) is 5.82 Å². The van der Waals surface area contributed by atoms with Crippen molar-refractivity contribution in [3.63, 3.8) is 0 Å². The minimum absolute atomic E-state index is 0.193. The Morgan fingerprint density at radius 3 is 2.83 bits per heavy atom. The Labute approximate surface area is 142 Å². The first kappa shape index (κ1) is 16.7. The van der Waals surface area contributed by atoms with Crippen LogP contribution < -0.4 is 0 Å². The Bertz CT molecular complexity index is 566. The lowest BCUT2D eigenvalue weighted by atomic mass is 9.98. The molecule has 0 radical (unpaired) electrons. The molecule has 3 rings (SSSR count). The fraction of sp³-hybridized carbons (Fsp3) is 0.611. The standard InChI is InChI=1S/C18H24ClFN2O/c19-16-12-14(6-7-17(16)20)13-22-9-2-1-4-15(22)8-11-21-10-3-5-18(21)23/h6-7,12,15H,1-5,8-11,13H2. The molecule has 1 aromatic carbocycles. The number of amides is 1. The number of carbonyl (C=O) groups is 1. The fourth-order valence-corrected chi connectivity index (χ4v) is 3.92. The van der Waals surface area contributed by atoms with Gasteiger partial charge < -0.3 is 4.90 Å². The number of hydrogen-bond donors (Lipinski definition) is 0. The second kappa shape index (κ2) is 7.63. The molecule has 1 aromatic rings.